The van der Waals surface area contributed by atoms with Crippen molar-refractivity contribution in [3.8, 4) is 5.75 Å². The van der Waals surface area contributed by atoms with Gasteiger partial charge in [-0.1, -0.05) is 50.2 Å². The monoisotopic (exact) mass is 539 g/mol. The van der Waals surface area contributed by atoms with Crippen LogP contribution in [0.15, 0.2) is 69.4 Å². The Balaban J connectivity index is 1.62. The van der Waals surface area contributed by atoms with Crippen LogP contribution in [-0.4, -0.2) is 50.1 Å². The summed E-state index contributed by atoms with van der Waals surface area (Å²) in [6.07, 6.45) is 0.635. The fourth-order valence-corrected chi connectivity index (χ4v) is 5.86. The summed E-state index contributed by atoms with van der Waals surface area (Å²) in [7, 11) is -0.856. The molecular formula is C26H29N5O4S2. The molecular weight excluding hydrogens is 510 g/mol. The quantitative estimate of drug-likeness (QED) is 0.381. The zero-order valence-corrected chi connectivity index (χ0v) is 22.6. The first-order valence-corrected chi connectivity index (χ1v) is 14.1. The molecule has 0 saturated heterocycles. The molecule has 9 nitrogen and oxygen atoms in total. The van der Waals surface area contributed by atoms with Gasteiger partial charge in [-0.3, -0.25) is 9.79 Å². The summed E-state index contributed by atoms with van der Waals surface area (Å²) in [6.45, 7) is 4.13. The summed E-state index contributed by atoms with van der Waals surface area (Å²) in [4.78, 5) is 19.4. The Hall–Kier alpha value is -3.70. The van der Waals surface area contributed by atoms with Crippen molar-refractivity contribution in [1.82, 2.24) is 9.62 Å². The standard InChI is InChI=1S/C26H29N5O4S2/c1-5-20(22-14-18(15-36-22)16(2)17-10-7-6-8-11-17)27-24-25(30-37(34,35)29-24)28-21-13-9-12-19(23(21)32)26(33)31(3)4/h6-16,20,32H,5H2,1-4H3,(H,27,29)(H,28,30)/t16?,20-/m1/s1. The summed E-state index contributed by atoms with van der Waals surface area (Å²) >= 11 is 1.58. The van der Waals surface area contributed by atoms with E-state index in [1.807, 2.05) is 25.1 Å². The number of carbonyl (C=O) groups excluding carboxylic acids is 1. The number of rotatable bonds is 7. The summed E-state index contributed by atoms with van der Waals surface area (Å²) in [5, 5.41) is 15.6. The molecule has 194 valence electrons. The van der Waals surface area contributed by atoms with E-state index < -0.39 is 16.1 Å². The molecule has 1 aliphatic heterocycles. The fraction of sp³-hybridized carbons (Fsp3) is 0.269. The van der Waals surface area contributed by atoms with E-state index in [1.165, 1.54) is 22.6 Å². The molecule has 0 bridgehead atoms. The van der Waals surface area contributed by atoms with Gasteiger partial charge in [0.15, 0.2) is 17.4 Å². The molecule has 2 atom stereocenters. The number of carbonyl (C=O) groups is 1. The maximum Gasteiger partial charge on any atom is 0.345 e. The Labute approximate surface area is 220 Å². The lowest BCUT2D eigenvalue weighted by molar-refractivity contribution is 0.0824. The number of benzene rings is 2. The van der Waals surface area contributed by atoms with Crippen molar-refractivity contribution < 1.29 is 18.3 Å². The van der Waals surface area contributed by atoms with Gasteiger partial charge in [-0.15, -0.1) is 15.7 Å². The molecule has 0 radical (unpaired) electrons. The van der Waals surface area contributed by atoms with Gasteiger partial charge in [0.1, 0.15) is 0 Å². The van der Waals surface area contributed by atoms with E-state index in [1.54, 1.807) is 31.5 Å². The van der Waals surface area contributed by atoms with Crippen LogP contribution in [0.25, 0.3) is 0 Å². The van der Waals surface area contributed by atoms with Crippen LogP contribution in [0.2, 0.25) is 0 Å². The molecule has 11 heteroatoms. The predicted octanol–water partition coefficient (Wildman–Crippen LogP) is 4.52. The van der Waals surface area contributed by atoms with Gasteiger partial charge in [-0.05, 0) is 41.1 Å². The molecule has 2 aromatic carbocycles. The molecule has 3 N–H and O–H groups in total. The number of phenolic OH excluding ortho intramolecular Hbond substituents is 1. The van der Waals surface area contributed by atoms with Gasteiger partial charge in [-0.2, -0.15) is 8.42 Å². The van der Waals surface area contributed by atoms with Crippen LogP contribution >= 0.6 is 11.3 Å². The number of hydrogen-bond donors (Lipinski definition) is 3. The van der Waals surface area contributed by atoms with E-state index in [0.29, 0.717) is 6.42 Å². The van der Waals surface area contributed by atoms with Gasteiger partial charge in [0.05, 0.1) is 17.3 Å². The minimum absolute atomic E-state index is 0.0432. The van der Waals surface area contributed by atoms with Gasteiger partial charge >= 0.3 is 10.2 Å². The number of thiophene rings is 1. The van der Waals surface area contributed by atoms with Crippen molar-refractivity contribution in [3.63, 3.8) is 0 Å². The van der Waals surface area contributed by atoms with Crippen molar-refractivity contribution in [2.75, 3.05) is 19.4 Å². The maximum atomic E-state index is 12.4. The Kier molecular flexibility index (Phi) is 7.65. The van der Waals surface area contributed by atoms with Gasteiger partial charge in [0, 0.05) is 24.9 Å². The van der Waals surface area contributed by atoms with E-state index in [4.69, 9.17) is 0 Å². The van der Waals surface area contributed by atoms with Crippen LogP contribution in [-0.2, 0) is 10.2 Å². The Morgan fingerprint density at radius 2 is 1.89 bits per heavy atom. The average molecular weight is 540 g/mol. The smallest absolute Gasteiger partial charge is 0.345 e. The number of para-hydroxylation sites is 1. The van der Waals surface area contributed by atoms with Crippen molar-refractivity contribution in [1.29, 1.82) is 0 Å². The Morgan fingerprint density at radius 1 is 1.16 bits per heavy atom. The minimum atomic E-state index is -4.01. The Bertz CT molecular complexity index is 1460. The molecule has 4 rings (SSSR count). The van der Waals surface area contributed by atoms with Crippen LogP contribution in [0.3, 0.4) is 0 Å². The van der Waals surface area contributed by atoms with E-state index in [9.17, 15) is 18.3 Å². The number of aliphatic imine (C=N–C) groups is 1. The van der Waals surface area contributed by atoms with Crippen LogP contribution in [0, 0.1) is 0 Å². The number of nitrogens with zero attached hydrogens (tertiary/aromatic N) is 3. The molecule has 37 heavy (non-hydrogen) atoms. The molecule has 1 aliphatic rings. The van der Waals surface area contributed by atoms with Gasteiger partial charge < -0.3 is 15.3 Å². The lowest BCUT2D eigenvalue weighted by Crippen LogP contribution is -2.31. The third-order valence-corrected chi connectivity index (χ3v) is 7.95. The molecule has 0 spiro atoms. The zero-order chi connectivity index (χ0) is 26.7. The SMILES string of the molecule is CC[C@@H](N=C1NS(=O)(=O)N=C1Nc1cccc(C(=O)N(C)C)c1O)c1cc(C(C)c2ccccc2)cs1. The number of amides is 1. The topological polar surface area (TPSA) is 123 Å². The molecule has 0 saturated carbocycles. The van der Waals surface area contributed by atoms with Gasteiger partial charge in [-0.25, -0.2) is 4.72 Å². The second-order valence-electron chi connectivity index (χ2n) is 8.86. The molecule has 0 aliphatic carbocycles. The number of hydrogen-bond acceptors (Lipinski definition) is 7. The predicted molar refractivity (Wildman–Crippen MR) is 148 cm³/mol. The molecule has 1 unspecified atom stereocenters. The summed E-state index contributed by atoms with van der Waals surface area (Å²) in [6, 6.07) is 16.6. The van der Waals surface area contributed by atoms with E-state index in [0.717, 1.165) is 10.4 Å². The van der Waals surface area contributed by atoms with E-state index >= 15 is 0 Å². The second kappa shape index (κ2) is 10.7. The first kappa shape index (κ1) is 26.4. The average Bonchev–Trinajstić information content (AvgIpc) is 3.47. The molecule has 3 aromatic rings. The Morgan fingerprint density at radius 3 is 2.57 bits per heavy atom. The third-order valence-electron chi connectivity index (χ3n) is 6.03. The van der Waals surface area contributed by atoms with Gasteiger partial charge in [0.25, 0.3) is 5.91 Å². The maximum absolute atomic E-state index is 12.4. The summed E-state index contributed by atoms with van der Waals surface area (Å²) < 4.78 is 30.7. The normalized spacial score (nSPS) is 17.1. The number of amidine groups is 2. The van der Waals surface area contributed by atoms with Crippen LogP contribution in [0.1, 0.15) is 58.6 Å². The van der Waals surface area contributed by atoms with E-state index in [-0.39, 0.29) is 40.6 Å². The number of anilines is 1. The minimum Gasteiger partial charge on any atom is -0.505 e. The number of phenols is 1. The molecule has 0 fully saturated rings. The third kappa shape index (κ3) is 5.83. The van der Waals surface area contributed by atoms with Crippen LogP contribution in [0.5, 0.6) is 5.75 Å². The van der Waals surface area contributed by atoms with Crippen molar-refractivity contribution >= 4 is 44.8 Å². The second-order valence-corrected chi connectivity index (χ2v) is 11.1. The first-order valence-electron chi connectivity index (χ1n) is 11.7. The summed E-state index contributed by atoms with van der Waals surface area (Å²) in [5.41, 5.74) is 2.59. The molecule has 1 aromatic heterocycles. The fourth-order valence-electron chi connectivity index (χ4n) is 3.93. The largest absolute Gasteiger partial charge is 0.505 e. The highest BCUT2D eigenvalue weighted by atomic mass is 32.2. The lowest BCUT2D eigenvalue weighted by Gasteiger charge is -2.15. The van der Waals surface area contributed by atoms with Gasteiger partial charge in [0.2, 0.25) is 0 Å². The van der Waals surface area contributed by atoms with Crippen LogP contribution < -0.4 is 10.0 Å². The highest BCUT2D eigenvalue weighted by Crippen LogP contribution is 2.34. The lowest BCUT2D eigenvalue weighted by atomic mass is 9.95. The van der Waals surface area contributed by atoms with Crippen molar-refractivity contribution in [3.05, 3.63) is 81.5 Å². The molecule has 2 heterocycles. The van der Waals surface area contributed by atoms with E-state index in [2.05, 4.69) is 49.9 Å². The highest BCUT2D eigenvalue weighted by molar-refractivity contribution is 7.89. The molecule has 1 amide bonds. The van der Waals surface area contributed by atoms with Crippen LogP contribution in [0.4, 0.5) is 5.69 Å². The van der Waals surface area contributed by atoms with Crippen molar-refractivity contribution in [2.45, 2.75) is 32.2 Å². The summed E-state index contributed by atoms with van der Waals surface area (Å²) in [5.74, 6) is -0.504. The zero-order valence-electron chi connectivity index (χ0n) is 21.0. The number of nitrogens with one attached hydrogen (secondary N) is 2. The number of aromatic hydroxyl groups is 1. The van der Waals surface area contributed by atoms with Crippen molar-refractivity contribution in [2.24, 2.45) is 9.39 Å². The highest BCUT2D eigenvalue weighted by Gasteiger charge is 2.29. The first-order chi connectivity index (χ1) is 17.6.